The van der Waals surface area contributed by atoms with Crippen LogP contribution in [0.3, 0.4) is 0 Å². The Labute approximate surface area is 118 Å². The molecule has 0 saturated carbocycles. The van der Waals surface area contributed by atoms with Crippen molar-refractivity contribution in [3.63, 3.8) is 0 Å². The second-order valence-corrected chi connectivity index (χ2v) is 5.34. The maximum absolute atomic E-state index is 5.90. The summed E-state index contributed by atoms with van der Waals surface area (Å²) < 4.78 is 11.0. The van der Waals surface area contributed by atoms with E-state index in [0.717, 1.165) is 21.4 Å². The lowest BCUT2D eigenvalue weighted by Gasteiger charge is -1.95. The van der Waals surface area contributed by atoms with E-state index in [4.69, 9.17) is 14.7 Å². The van der Waals surface area contributed by atoms with Crippen molar-refractivity contribution in [1.82, 2.24) is 5.16 Å². The number of benzene rings is 1. The maximum Gasteiger partial charge on any atom is 0.231 e. The molecule has 1 aromatic carbocycles. The predicted octanol–water partition coefficient (Wildman–Crippen LogP) is 4.40. The molecule has 0 aliphatic rings. The van der Waals surface area contributed by atoms with Crippen LogP contribution in [0, 0.1) is 0 Å². The number of thiophene rings is 1. The van der Waals surface area contributed by atoms with Crippen LogP contribution >= 0.6 is 11.3 Å². The molecule has 0 unspecified atom stereocenters. The highest BCUT2D eigenvalue weighted by Gasteiger charge is 2.21. The fourth-order valence-corrected chi connectivity index (χ4v) is 3.00. The third-order valence-corrected chi connectivity index (χ3v) is 4.03. The molecule has 0 spiro atoms. The van der Waals surface area contributed by atoms with Crippen LogP contribution in [0.15, 0.2) is 56.8 Å². The molecule has 0 fully saturated rings. The molecule has 0 aliphatic heterocycles. The molecule has 0 bridgehead atoms. The SMILES string of the molecule is Nc1onc(-c2cc3ccccc3o2)c1-c1cccs1. The molecular weight excluding hydrogens is 272 g/mol. The van der Waals surface area contributed by atoms with Crippen molar-refractivity contribution in [3.05, 3.63) is 47.8 Å². The fraction of sp³-hybridized carbons (Fsp3) is 0. The highest BCUT2D eigenvalue weighted by Crippen LogP contribution is 2.39. The zero-order valence-electron chi connectivity index (χ0n) is 10.4. The molecule has 3 heterocycles. The third kappa shape index (κ3) is 1.64. The number of rotatable bonds is 2. The Morgan fingerprint density at radius 2 is 2.00 bits per heavy atom. The van der Waals surface area contributed by atoms with Gasteiger partial charge in [-0.15, -0.1) is 11.3 Å². The van der Waals surface area contributed by atoms with Gasteiger partial charge < -0.3 is 14.7 Å². The van der Waals surface area contributed by atoms with Gasteiger partial charge in [-0.25, -0.2) is 0 Å². The average Bonchev–Trinajstić information content (AvgIpc) is 3.16. The maximum atomic E-state index is 5.90. The summed E-state index contributed by atoms with van der Waals surface area (Å²) in [5.41, 5.74) is 8.15. The van der Waals surface area contributed by atoms with Crippen molar-refractivity contribution in [2.24, 2.45) is 0 Å². The second-order valence-electron chi connectivity index (χ2n) is 4.40. The van der Waals surface area contributed by atoms with Crippen LogP contribution in [0.4, 0.5) is 5.88 Å². The van der Waals surface area contributed by atoms with Gasteiger partial charge in [-0.2, -0.15) is 0 Å². The highest BCUT2D eigenvalue weighted by atomic mass is 32.1. The molecular formula is C15H10N2O2S. The zero-order chi connectivity index (χ0) is 13.5. The monoisotopic (exact) mass is 282 g/mol. The summed E-state index contributed by atoms with van der Waals surface area (Å²) in [4.78, 5) is 1.01. The smallest absolute Gasteiger partial charge is 0.231 e. The van der Waals surface area contributed by atoms with Crippen molar-refractivity contribution >= 4 is 28.2 Å². The van der Waals surface area contributed by atoms with Gasteiger partial charge in [0.1, 0.15) is 5.58 Å². The third-order valence-electron chi connectivity index (χ3n) is 3.14. The van der Waals surface area contributed by atoms with E-state index in [1.165, 1.54) is 0 Å². The number of nitrogens with zero attached hydrogens (tertiary/aromatic N) is 1. The molecule has 0 radical (unpaired) electrons. The summed E-state index contributed by atoms with van der Waals surface area (Å²) in [6.07, 6.45) is 0. The molecule has 2 N–H and O–H groups in total. The lowest BCUT2D eigenvalue weighted by atomic mass is 10.1. The first-order valence-electron chi connectivity index (χ1n) is 6.11. The molecule has 4 aromatic rings. The number of nitrogen functional groups attached to an aromatic ring is 1. The lowest BCUT2D eigenvalue weighted by Crippen LogP contribution is -1.84. The molecule has 3 aromatic heterocycles. The van der Waals surface area contributed by atoms with Crippen LogP contribution in [-0.2, 0) is 0 Å². The Bertz CT molecular complexity index is 841. The van der Waals surface area contributed by atoms with Crippen molar-refractivity contribution in [2.75, 3.05) is 5.73 Å². The first-order valence-corrected chi connectivity index (χ1v) is 6.99. The first-order chi connectivity index (χ1) is 9.83. The predicted molar refractivity (Wildman–Crippen MR) is 79.4 cm³/mol. The van der Waals surface area contributed by atoms with Crippen LogP contribution in [-0.4, -0.2) is 5.16 Å². The van der Waals surface area contributed by atoms with Crippen molar-refractivity contribution in [3.8, 4) is 21.9 Å². The van der Waals surface area contributed by atoms with E-state index in [0.29, 0.717) is 17.3 Å². The Balaban J connectivity index is 1.95. The quantitative estimate of drug-likeness (QED) is 0.592. The van der Waals surface area contributed by atoms with Gasteiger partial charge in [-0.3, -0.25) is 0 Å². The number of nitrogens with two attached hydrogens (primary N) is 1. The number of furan rings is 1. The van der Waals surface area contributed by atoms with Crippen LogP contribution < -0.4 is 5.73 Å². The lowest BCUT2D eigenvalue weighted by molar-refractivity contribution is 0.437. The fourth-order valence-electron chi connectivity index (χ4n) is 2.23. The van der Waals surface area contributed by atoms with Gasteiger partial charge in [0.2, 0.25) is 5.88 Å². The molecule has 20 heavy (non-hydrogen) atoms. The Morgan fingerprint density at radius 1 is 1.10 bits per heavy atom. The second kappa shape index (κ2) is 4.25. The molecule has 4 nitrogen and oxygen atoms in total. The van der Waals surface area contributed by atoms with Gasteiger partial charge in [-0.1, -0.05) is 29.4 Å². The minimum absolute atomic E-state index is 0.308. The van der Waals surface area contributed by atoms with Crippen molar-refractivity contribution in [2.45, 2.75) is 0 Å². The Morgan fingerprint density at radius 3 is 2.80 bits per heavy atom. The Hall–Kier alpha value is -2.53. The summed E-state index contributed by atoms with van der Waals surface area (Å²) in [5.74, 6) is 0.970. The molecule has 0 saturated heterocycles. The van der Waals surface area contributed by atoms with Gasteiger partial charge >= 0.3 is 0 Å². The normalized spacial score (nSPS) is 11.2. The number of aromatic nitrogens is 1. The van der Waals surface area contributed by atoms with Crippen LogP contribution in [0.2, 0.25) is 0 Å². The van der Waals surface area contributed by atoms with E-state index < -0.39 is 0 Å². The molecule has 0 aliphatic carbocycles. The molecule has 0 amide bonds. The number of fused-ring (bicyclic) bond motifs is 1. The summed E-state index contributed by atoms with van der Waals surface area (Å²) in [6.45, 7) is 0. The van der Waals surface area contributed by atoms with E-state index in [2.05, 4.69) is 5.16 Å². The Kier molecular flexibility index (Phi) is 2.40. The standard InChI is InChI=1S/C15H10N2O2S/c16-15-13(12-6-3-7-20-12)14(17-19-15)11-8-9-4-1-2-5-10(9)18-11/h1-8H,16H2. The largest absolute Gasteiger partial charge is 0.454 e. The topological polar surface area (TPSA) is 65.2 Å². The molecule has 5 heteroatoms. The van der Waals surface area contributed by atoms with Gasteiger partial charge in [0.05, 0.1) is 5.56 Å². The van der Waals surface area contributed by atoms with Crippen molar-refractivity contribution in [1.29, 1.82) is 0 Å². The summed E-state index contributed by atoms with van der Waals surface area (Å²) >= 11 is 1.59. The number of hydrogen-bond acceptors (Lipinski definition) is 5. The van der Waals surface area contributed by atoms with Crippen molar-refractivity contribution < 1.29 is 8.94 Å². The summed E-state index contributed by atoms with van der Waals surface area (Å²) in [5, 5.41) is 7.07. The van der Waals surface area contributed by atoms with E-state index >= 15 is 0 Å². The van der Waals surface area contributed by atoms with Crippen LogP contribution in [0.5, 0.6) is 0 Å². The number of para-hydroxylation sites is 1. The van der Waals surface area contributed by atoms with Gasteiger partial charge in [0, 0.05) is 10.3 Å². The molecule has 0 atom stereocenters. The molecule has 98 valence electrons. The average molecular weight is 282 g/mol. The van der Waals surface area contributed by atoms with Gasteiger partial charge in [0.15, 0.2) is 11.5 Å². The van der Waals surface area contributed by atoms with E-state index in [-0.39, 0.29) is 0 Å². The van der Waals surface area contributed by atoms with Crippen LogP contribution in [0.25, 0.3) is 32.9 Å². The highest BCUT2D eigenvalue weighted by molar-refractivity contribution is 7.13. The first kappa shape index (κ1) is 11.3. The van der Waals surface area contributed by atoms with Crippen LogP contribution in [0.1, 0.15) is 0 Å². The number of hydrogen-bond donors (Lipinski definition) is 1. The molecule has 4 rings (SSSR count). The van der Waals surface area contributed by atoms with Gasteiger partial charge in [0.25, 0.3) is 0 Å². The number of anilines is 1. The van der Waals surface area contributed by atoms with E-state index in [1.54, 1.807) is 11.3 Å². The minimum Gasteiger partial charge on any atom is -0.454 e. The summed E-state index contributed by atoms with van der Waals surface area (Å²) in [6, 6.07) is 13.7. The zero-order valence-corrected chi connectivity index (χ0v) is 11.2. The summed E-state index contributed by atoms with van der Waals surface area (Å²) in [7, 11) is 0. The van der Waals surface area contributed by atoms with E-state index in [1.807, 2.05) is 47.8 Å². The van der Waals surface area contributed by atoms with E-state index in [9.17, 15) is 0 Å². The minimum atomic E-state index is 0.308. The van der Waals surface area contributed by atoms with Gasteiger partial charge in [-0.05, 0) is 23.6 Å².